The van der Waals surface area contributed by atoms with Crippen molar-refractivity contribution in [2.24, 2.45) is 0 Å². The summed E-state index contributed by atoms with van der Waals surface area (Å²) in [7, 11) is 0. The average molecular weight is 348 g/mol. The number of hydrogen-bond donors (Lipinski definition) is 1. The van der Waals surface area contributed by atoms with Gasteiger partial charge in [0.05, 0.1) is 11.3 Å². The first-order valence-corrected chi connectivity index (χ1v) is 6.97. The highest BCUT2D eigenvalue weighted by atomic mass is 35.5. The van der Waals surface area contributed by atoms with E-state index in [2.05, 4.69) is 5.32 Å². The highest BCUT2D eigenvalue weighted by Gasteiger charge is 2.34. The zero-order valence-corrected chi connectivity index (χ0v) is 12.5. The monoisotopic (exact) mass is 347 g/mol. The number of benzene rings is 2. The average Bonchev–Trinajstić information content (AvgIpc) is 2.46. The molecule has 1 amide bonds. The van der Waals surface area contributed by atoms with Crippen molar-refractivity contribution in [3.05, 3.63) is 64.7 Å². The van der Waals surface area contributed by atoms with Crippen molar-refractivity contribution in [1.82, 2.24) is 0 Å². The number of para-hydroxylation sites is 1. The number of nitrogens with one attached hydrogen (secondary N) is 1. The molecule has 0 saturated heterocycles. The minimum absolute atomic E-state index is 0.266. The highest BCUT2D eigenvalue weighted by Crippen LogP contribution is 2.35. The lowest BCUT2D eigenvalue weighted by molar-refractivity contribution is -0.137. The lowest BCUT2D eigenvalue weighted by atomic mass is 10.1. The van der Waals surface area contributed by atoms with Crippen LogP contribution in [0.1, 0.15) is 16.5 Å². The molecule has 0 fully saturated rings. The standard InChI is InChI=1S/C15H10Cl2F3NO/c16-11-7-3-1-5-9(11)13(17)14(22)21-12-8-4-2-6-10(12)15(18,19)20/h1-8,13H,(H,21,22)/t13-/m1/s1. The van der Waals surface area contributed by atoms with E-state index in [1.165, 1.54) is 18.2 Å². The van der Waals surface area contributed by atoms with Crippen LogP contribution in [0.15, 0.2) is 48.5 Å². The van der Waals surface area contributed by atoms with E-state index < -0.39 is 23.0 Å². The summed E-state index contributed by atoms with van der Waals surface area (Å²) >= 11 is 11.9. The summed E-state index contributed by atoms with van der Waals surface area (Å²) in [6, 6.07) is 11.1. The second-order valence-electron chi connectivity index (χ2n) is 4.42. The number of amides is 1. The molecule has 0 heterocycles. The molecule has 0 aliphatic heterocycles. The molecule has 0 unspecified atom stereocenters. The van der Waals surface area contributed by atoms with Crippen LogP contribution in [0.2, 0.25) is 5.02 Å². The van der Waals surface area contributed by atoms with Crippen molar-refractivity contribution < 1.29 is 18.0 Å². The highest BCUT2D eigenvalue weighted by molar-refractivity contribution is 6.36. The summed E-state index contributed by atoms with van der Waals surface area (Å²) in [6.45, 7) is 0. The summed E-state index contributed by atoms with van der Waals surface area (Å²) in [4.78, 5) is 12.1. The van der Waals surface area contributed by atoms with Crippen LogP contribution < -0.4 is 5.32 Å². The van der Waals surface area contributed by atoms with E-state index in [1.807, 2.05) is 0 Å². The van der Waals surface area contributed by atoms with E-state index in [9.17, 15) is 18.0 Å². The number of carbonyl (C=O) groups excluding carboxylic acids is 1. The van der Waals surface area contributed by atoms with Crippen molar-refractivity contribution >= 4 is 34.8 Å². The molecule has 7 heteroatoms. The maximum Gasteiger partial charge on any atom is 0.418 e. The van der Waals surface area contributed by atoms with Crippen LogP contribution in [0, 0.1) is 0 Å². The van der Waals surface area contributed by atoms with Crippen molar-refractivity contribution in [2.75, 3.05) is 5.32 Å². The fraction of sp³-hybridized carbons (Fsp3) is 0.133. The Morgan fingerprint density at radius 1 is 1.05 bits per heavy atom. The third-order valence-electron chi connectivity index (χ3n) is 2.90. The van der Waals surface area contributed by atoms with E-state index >= 15 is 0 Å². The second-order valence-corrected chi connectivity index (χ2v) is 5.26. The number of carbonyl (C=O) groups is 1. The van der Waals surface area contributed by atoms with E-state index in [-0.39, 0.29) is 10.7 Å². The van der Waals surface area contributed by atoms with Gasteiger partial charge in [0.15, 0.2) is 0 Å². The van der Waals surface area contributed by atoms with E-state index in [4.69, 9.17) is 23.2 Å². The van der Waals surface area contributed by atoms with Gasteiger partial charge in [-0.05, 0) is 23.8 Å². The van der Waals surface area contributed by atoms with Crippen LogP contribution in [0.4, 0.5) is 18.9 Å². The van der Waals surface area contributed by atoms with Crippen molar-refractivity contribution in [3.63, 3.8) is 0 Å². The van der Waals surface area contributed by atoms with Gasteiger partial charge in [0.2, 0.25) is 5.91 Å². The van der Waals surface area contributed by atoms with Gasteiger partial charge in [-0.3, -0.25) is 4.79 Å². The van der Waals surface area contributed by atoms with Crippen molar-refractivity contribution in [3.8, 4) is 0 Å². The van der Waals surface area contributed by atoms with E-state index in [1.54, 1.807) is 18.2 Å². The first-order chi connectivity index (χ1) is 10.3. The fourth-order valence-electron chi connectivity index (χ4n) is 1.86. The largest absolute Gasteiger partial charge is 0.418 e. The van der Waals surface area contributed by atoms with Crippen LogP contribution in [-0.4, -0.2) is 5.91 Å². The fourth-order valence-corrected chi connectivity index (χ4v) is 2.40. The molecule has 0 radical (unpaired) electrons. The zero-order chi connectivity index (χ0) is 16.3. The Bertz CT molecular complexity index is 688. The Kier molecular flexibility index (Phi) is 4.98. The van der Waals surface area contributed by atoms with Gasteiger partial charge in [-0.25, -0.2) is 0 Å². The molecule has 0 spiro atoms. The van der Waals surface area contributed by atoms with Gasteiger partial charge in [0.25, 0.3) is 0 Å². The third-order valence-corrected chi connectivity index (χ3v) is 3.68. The van der Waals surface area contributed by atoms with Gasteiger partial charge in [0.1, 0.15) is 5.38 Å². The van der Waals surface area contributed by atoms with Crippen molar-refractivity contribution in [2.45, 2.75) is 11.6 Å². The minimum Gasteiger partial charge on any atom is -0.324 e. The van der Waals surface area contributed by atoms with Gasteiger partial charge in [-0.1, -0.05) is 41.9 Å². The van der Waals surface area contributed by atoms with Crippen LogP contribution >= 0.6 is 23.2 Å². The molecular formula is C15H10Cl2F3NO. The topological polar surface area (TPSA) is 29.1 Å². The van der Waals surface area contributed by atoms with E-state index in [0.29, 0.717) is 5.56 Å². The third kappa shape index (κ3) is 3.72. The maximum absolute atomic E-state index is 12.9. The molecular weight excluding hydrogens is 338 g/mol. The number of rotatable bonds is 3. The predicted octanol–water partition coefficient (Wildman–Crippen LogP) is 5.28. The molecule has 2 aromatic carbocycles. The molecule has 116 valence electrons. The first kappa shape index (κ1) is 16.6. The van der Waals surface area contributed by atoms with Gasteiger partial charge in [0, 0.05) is 5.02 Å². The lowest BCUT2D eigenvalue weighted by Gasteiger charge is -2.16. The quantitative estimate of drug-likeness (QED) is 0.752. The predicted molar refractivity (Wildman–Crippen MR) is 80.1 cm³/mol. The molecule has 2 nitrogen and oxygen atoms in total. The Hall–Kier alpha value is -1.72. The molecule has 1 N–H and O–H groups in total. The Labute approximate surface area is 134 Å². The van der Waals surface area contributed by atoms with Gasteiger partial charge >= 0.3 is 6.18 Å². The zero-order valence-electron chi connectivity index (χ0n) is 11.0. The van der Waals surface area contributed by atoms with E-state index in [0.717, 1.165) is 12.1 Å². The Morgan fingerprint density at radius 2 is 1.64 bits per heavy atom. The normalized spacial score (nSPS) is 12.8. The maximum atomic E-state index is 12.9. The lowest BCUT2D eigenvalue weighted by Crippen LogP contribution is -2.20. The molecule has 0 aliphatic carbocycles. The number of alkyl halides is 4. The number of anilines is 1. The van der Waals surface area contributed by atoms with Crippen molar-refractivity contribution in [1.29, 1.82) is 0 Å². The molecule has 0 aromatic heterocycles. The summed E-state index contributed by atoms with van der Waals surface area (Å²) in [5.41, 5.74) is -0.961. The molecule has 22 heavy (non-hydrogen) atoms. The Morgan fingerprint density at radius 3 is 2.27 bits per heavy atom. The number of halogens is 5. The summed E-state index contributed by atoms with van der Waals surface area (Å²) in [5.74, 6) is -0.786. The SMILES string of the molecule is O=C(Nc1ccccc1C(F)(F)F)[C@H](Cl)c1ccccc1Cl. The second kappa shape index (κ2) is 6.58. The molecule has 2 rings (SSSR count). The molecule has 0 aliphatic rings. The van der Waals surface area contributed by atoms with Gasteiger partial charge in [-0.15, -0.1) is 11.6 Å². The summed E-state index contributed by atoms with van der Waals surface area (Å²) < 4.78 is 38.6. The van der Waals surface area contributed by atoms with Gasteiger partial charge in [-0.2, -0.15) is 13.2 Å². The summed E-state index contributed by atoms with van der Waals surface area (Å²) in [5, 5.41) is 1.26. The molecule has 1 atom stereocenters. The minimum atomic E-state index is -4.57. The molecule has 2 aromatic rings. The smallest absolute Gasteiger partial charge is 0.324 e. The van der Waals surface area contributed by atoms with Crippen LogP contribution in [-0.2, 0) is 11.0 Å². The Balaban J connectivity index is 2.25. The van der Waals surface area contributed by atoms with Crippen LogP contribution in [0.5, 0.6) is 0 Å². The number of hydrogen-bond acceptors (Lipinski definition) is 1. The van der Waals surface area contributed by atoms with Crippen LogP contribution in [0.25, 0.3) is 0 Å². The molecule has 0 saturated carbocycles. The van der Waals surface area contributed by atoms with Gasteiger partial charge < -0.3 is 5.32 Å². The molecule has 0 bridgehead atoms. The first-order valence-electron chi connectivity index (χ1n) is 6.16. The van der Waals surface area contributed by atoms with Crippen LogP contribution in [0.3, 0.4) is 0 Å². The summed E-state index contributed by atoms with van der Waals surface area (Å²) in [6.07, 6.45) is -4.57.